The predicted molar refractivity (Wildman–Crippen MR) is 310 cm³/mol. The number of hydrogen-bond acceptors (Lipinski definition) is 10. The van der Waals surface area contributed by atoms with Gasteiger partial charge in [0.1, 0.15) is 24.4 Å². The van der Waals surface area contributed by atoms with Crippen LogP contribution in [0.15, 0.2) is 146 Å². The van der Waals surface area contributed by atoms with Crippen LogP contribution in [0.2, 0.25) is 0 Å². The molecule has 1 fully saturated rings. The van der Waals surface area contributed by atoms with Crippen LogP contribution < -0.4 is 5.32 Å². The van der Waals surface area contributed by atoms with Gasteiger partial charge in [0, 0.05) is 6.42 Å². The molecule has 0 spiro atoms. The van der Waals surface area contributed by atoms with E-state index in [4.69, 9.17) is 14.2 Å². The Bertz CT molecular complexity index is 1770. The van der Waals surface area contributed by atoms with E-state index in [1.807, 2.05) is 60.8 Å². The molecule has 0 aliphatic carbocycles. The lowest BCUT2D eigenvalue weighted by Crippen LogP contribution is -2.61. The zero-order valence-electron chi connectivity index (χ0n) is 46.3. The van der Waals surface area contributed by atoms with Gasteiger partial charge in [-0.1, -0.05) is 231 Å². The number of carbonyl (C=O) groups excluding carboxylic acids is 2. The predicted octanol–water partition coefficient (Wildman–Crippen LogP) is 13.0. The minimum Gasteiger partial charge on any atom is -0.454 e. The van der Waals surface area contributed by atoms with Gasteiger partial charge < -0.3 is 45.1 Å². The minimum atomic E-state index is -1.65. The second-order valence-corrected chi connectivity index (χ2v) is 19.0. The molecule has 1 aliphatic rings. The summed E-state index contributed by atoms with van der Waals surface area (Å²) < 4.78 is 17.5. The maximum absolute atomic E-state index is 13.3. The van der Waals surface area contributed by atoms with Gasteiger partial charge in [0.2, 0.25) is 5.91 Å². The van der Waals surface area contributed by atoms with Crippen LogP contribution in [0.3, 0.4) is 0 Å². The molecule has 6 N–H and O–H groups in total. The van der Waals surface area contributed by atoms with Crippen LogP contribution in [0.5, 0.6) is 0 Å². The van der Waals surface area contributed by atoms with Gasteiger partial charge in [-0.15, -0.1) is 0 Å². The summed E-state index contributed by atoms with van der Waals surface area (Å²) in [5.41, 5.74) is 0. The van der Waals surface area contributed by atoms with Crippen molar-refractivity contribution < 1.29 is 49.3 Å². The lowest BCUT2D eigenvalue weighted by Gasteiger charge is -2.41. The van der Waals surface area contributed by atoms with Gasteiger partial charge in [-0.2, -0.15) is 0 Å². The smallest absolute Gasteiger partial charge is 0.306 e. The van der Waals surface area contributed by atoms with Gasteiger partial charge >= 0.3 is 5.97 Å². The summed E-state index contributed by atoms with van der Waals surface area (Å²) in [6.45, 7) is 5.41. The third kappa shape index (κ3) is 38.7. The van der Waals surface area contributed by atoms with Crippen molar-refractivity contribution in [2.75, 3.05) is 13.2 Å². The van der Waals surface area contributed by atoms with Crippen LogP contribution >= 0.6 is 0 Å². The second kappa shape index (κ2) is 50.4. The van der Waals surface area contributed by atoms with Crippen LogP contribution in [0, 0.1) is 0 Å². The normalized spacial score (nSPS) is 20.3. The molecule has 8 unspecified atom stereocenters. The maximum Gasteiger partial charge on any atom is 0.306 e. The summed E-state index contributed by atoms with van der Waals surface area (Å²) in [6, 6.07) is -1.08. The van der Waals surface area contributed by atoms with E-state index in [2.05, 4.69) is 105 Å². The first-order valence-corrected chi connectivity index (χ1v) is 28.7. The molecule has 422 valence electrons. The van der Waals surface area contributed by atoms with Gasteiger partial charge in [-0.3, -0.25) is 9.59 Å². The molecule has 1 aliphatic heterocycles. The molecule has 1 heterocycles. The number of nitrogens with one attached hydrogen (secondary N) is 1. The van der Waals surface area contributed by atoms with Crippen LogP contribution in [-0.4, -0.2) is 99.6 Å². The van der Waals surface area contributed by atoms with E-state index < -0.39 is 67.4 Å². The number of carbonyl (C=O) groups is 2. The fourth-order valence-electron chi connectivity index (χ4n) is 7.86. The quantitative estimate of drug-likeness (QED) is 0.0149. The van der Waals surface area contributed by atoms with Crippen molar-refractivity contribution >= 4 is 11.9 Å². The van der Waals surface area contributed by atoms with Crippen LogP contribution in [0.4, 0.5) is 0 Å². The van der Waals surface area contributed by atoms with Gasteiger partial charge in [0.15, 0.2) is 12.4 Å². The molecule has 0 radical (unpaired) electrons. The zero-order valence-corrected chi connectivity index (χ0v) is 46.3. The highest BCUT2D eigenvalue weighted by Crippen LogP contribution is 2.26. The van der Waals surface area contributed by atoms with E-state index in [0.29, 0.717) is 12.8 Å². The Labute approximate surface area is 454 Å². The van der Waals surface area contributed by atoms with Crippen molar-refractivity contribution in [2.45, 2.75) is 230 Å². The number of ether oxygens (including phenoxy) is 3. The standard InChI is InChI=1S/C64H101NO10/c1-4-7-10-13-16-19-22-24-25-26-27-28-29-30-31-32-33-34-37-40-43-46-49-52-59(69)75-62-61(71)60(70)58(53-66)74-64(62)73-54-55(56(67)50-47-44-41-38-35-21-18-15-12-9-6-3)65-63(72)57(68)51-48-45-42-39-36-23-20-17-14-11-8-5-2/h7-8,10-11,14,16-17,19-20,23-25,27-28,30-31,33-34,36,39,42,45,47,50,55-58,60-62,64,66-68,70-71H,4-6,9,12-13,15,18,21-22,26,29,32,35,37-38,40-41,43-44,46,48-49,51-54H2,1-3H3,(H,65,72)/b10-7-,11-8+,17-14+,19-16-,23-20-,25-24-,28-27-,31-30-,34-33-,39-36-,45-42+,50-47+. The number of esters is 1. The van der Waals surface area contributed by atoms with Crippen molar-refractivity contribution in [2.24, 2.45) is 0 Å². The van der Waals surface area contributed by atoms with Crippen molar-refractivity contribution in [1.29, 1.82) is 0 Å². The number of rotatable bonds is 45. The summed E-state index contributed by atoms with van der Waals surface area (Å²) in [4.78, 5) is 26.4. The van der Waals surface area contributed by atoms with Gasteiger partial charge in [0.25, 0.3) is 0 Å². The molecule has 75 heavy (non-hydrogen) atoms. The fraction of sp³-hybridized carbons (Fsp3) is 0.594. The number of amides is 1. The Morgan fingerprint density at radius 3 is 1.57 bits per heavy atom. The Morgan fingerprint density at radius 2 is 1.03 bits per heavy atom. The summed E-state index contributed by atoms with van der Waals surface area (Å²) in [5.74, 6) is -1.32. The Kier molecular flexibility index (Phi) is 46.0. The number of aliphatic hydroxyl groups is 5. The molecular weight excluding hydrogens is 943 g/mol. The van der Waals surface area contributed by atoms with Gasteiger partial charge in [-0.25, -0.2) is 0 Å². The van der Waals surface area contributed by atoms with E-state index >= 15 is 0 Å². The van der Waals surface area contributed by atoms with E-state index in [1.54, 1.807) is 6.08 Å². The van der Waals surface area contributed by atoms with Crippen LogP contribution in [-0.2, 0) is 23.8 Å². The van der Waals surface area contributed by atoms with Crippen LogP contribution in [0.1, 0.15) is 181 Å². The molecule has 11 nitrogen and oxygen atoms in total. The molecule has 0 bridgehead atoms. The number of unbranched alkanes of at least 4 members (excludes halogenated alkanes) is 13. The highest BCUT2D eigenvalue weighted by Gasteiger charge is 2.47. The molecule has 0 saturated carbocycles. The first-order chi connectivity index (χ1) is 36.7. The zero-order chi connectivity index (χ0) is 54.7. The number of allylic oxidation sites excluding steroid dienone is 23. The molecule has 0 aromatic rings. The summed E-state index contributed by atoms with van der Waals surface area (Å²) in [5, 5.41) is 56.6. The minimum absolute atomic E-state index is 0.0751. The maximum atomic E-state index is 13.3. The van der Waals surface area contributed by atoms with Crippen LogP contribution in [0.25, 0.3) is 0 Å². The monoisotopic (exact) mass is 1040 g/mol. The average molecular weight is 1040 g/mol. The Morgan fingerprint density at radius 1 is 0.547 bits per heavy atom. The second-order valence-electron chi connectivity index (χ2n) is 19.0. The summed E-state index contributed by atoms with van der Waals surface area (Å²) in [7, 11) is 0. The average Bonchev–Trinajstić information content (AvgIpc) is 3.41. The third-order valence-corrected chi connectivity index (χ3v) is 12.4. The number of aliphatic hydroxyl groups excluding tert-OH is 5. The SMILES string of the molecule is CC/C=C\C/C=C\C/C=C\C/C=C\C/C=C\C/C=C\CCCCCCC(=O)OC1C(OCC(NC(=O)C(O)CC/C=C/C=C\C=C/C=C/C=C/CC)C(O)/C=C/CCCCCCCCCCC)OC(CO)C(O)C1O. The summed E-state index contributed by atoms with van der Waals surface area (Å²) >= 11 is 0. The molecule has 0 aromatic carbocycles. The van der Waals surface area contributed by atoms with E-state index in [9.17, 15) is 35.1 Å². The molecule has 11 heteroatoms. The van der Waals surface area contributed by atoms with E-state index in [1.165, 1.54) is 38.5 Å². The highest BCUT2D eigenvalue weighted by molar-refractivity contribution is 5.80. The fourth-order valence-corrected chi connectivity index (χ4v) is 7.86. The van der Waals surface area contributed by atoms with Crippen molar-refractivity contribution in [1.82, 2.24) is 5.32 Å². The Hall–Kier alpha value is -4.46. The molecule has 1 rings (SSSR count). The lowest BCUT2D eigenvalue weighted by atomic mass is 9.99. The molecular formula is C64H101NO10. The van der Waals surface area contributed by atoms with Crippen molar-refractivity contribution in [3.8, 4) is 0 Å². The highest BCUT2D eigenvalue weighted by atomic mass is 16.7. The Balaban J connectivity index is 2.73. The lowest BCUT2D eigenvalue weighted by molar-refractivity contribution is -0.305. The summed E-state index contributed by atoms with van der Waals surface area (Å²) in [6.07, 6.45) is 62.0. The first-order valence-electron chi connectivity index (χ1n) is 28.7. The van der Waals surface area contributed by atoms with E-state index in [-0.39, 0.29) is 19.4 Å². The first kappa shape index (κ1) is 68.6. The third-order valence-electron chi connectivity index (χ3n) is 12.4. The number of hydrogen-bond donors (Lipinski definition) is 6. The van der Waals surface area contributed by atoms with Crippen molar-refractivity contribution in [3.05, 3.63) is 146 Å². The molecule has 8 atom stereocenters. The van der Waals surface area contributed by atoms with Gasteiger partial charge in [0.05, 0.1) is 25.4 Å². The van der Waals surface area contributed by atoms with E-state index in [0.717, 1.165) is 96.3 Å². The topological polar surface area (TPSA) is 175 Å². The van der Waals surface area contributed by atoms with Crippen molar-refractivity contribution in [3.63, 3.8) is 0 Å². The van der Waals surface area contributed by atoms with Gasteiger partial charge in [-0.05, 0) is 89.9 Å². The molecule has 0 aromatic heterocycles. The largest absolute Gasteiger partial charge is 0.454 e. The molecule has 1 saturated heterocycles. The molecule has 1 amide bonds.